The minimum atomic E-state index is -0.422. The second-order valence-electron chi connectivity index (χ2n) is 4.26. The minimum absolute atomic E-state index is 0.0334. The van der Waals surface area contributed by atoms with Crippen LogP contribution >= 0.6 is 0 Å². The van der Waals surface area contributed by atoms with E-state index in [9.17, 15) is 9.90 Å². The fourth-order valence-corrected chi connectivity index (χ4v) is 1.94. The van der Waals surface area contributed by atoms with Crippen LogP contribution in [-0.2, 0) is 4.74 Å². The summed E-state index contributed by atoms with van der Waals surface area (Å²) in [5.41, 5.74) is -0.0334. The normalized spacial score (nSPS) is 22.8. The highest BCUT2D eigenvalue weighted by atomic mass is 16.5. The molecular weight excluding hydrogens is 236 g/mol. The van der Waals surface area contributed by atoms with E-state index in [2.05, 4.69) is 10.3 Å². The Morgan fingerprint density at radius 3 is 3.06 bits per heavy atom. The van der Waals surface area contributed by atoms with E-state index in [0.717, 1.165) is 6.42 Å². The zero-order valence-corrected chi connectivity index (χ0v) is 10.3. The van der Waals surface area contributed by atoms with Crippen LogP contribution in [0.2, 0.25) is 0 Å². The molecule has 1 aliphatic rings. The smallest absolute Gasteiger partial charge is 0.274 e. The molecular formula is C12H16N2O4. The van der Waals surface area contributed by atoms with Crippen molar-refractivity contribution in [1.82, 2.24) is 10.3 Å². The van der Waals surface area contributed by atoms with Crippen LogP contribution in [0, 0.1) is 0 Å². The Hall–Kier alpha value is -1.82. The van der Waals surface area contributed by atoms with Crippen LogP contribution < -0.4 is 10.1 Å². The zero-order chi connectivity index (χ0) is 13.1. The van der Waals surface area contributed by atoms with E-state index in [0.29, 0.717) is 6.61 Å². The van der Waals surface area contributed by atoms with Gasteiger partial charge < -0.3 is 19.9 Å². The summed E-state index contributed by atoms with van der Waals surface area (Å²) in [7, 11) is 1.42. The summed E-state index contributed by atoms with van der Waals surface area (Å²) in [4.78, 5) is 15.8. The summed E-state index contributed by atoms with van der Waals surface area (Å²) in [6.45, 7) is 2.44. The van der Waals surface area contributed by atoms with Gasteiger partial charge in [-0.25, -0.2) is 4.98 Å². The lowest BCUT2D eigenvalue weighted by Gasteiger charge is -2.12. The molecule has 2 rings (SSSR count). The van der Waals surface area contributed by atoms with Crippen LogP contribution in [0.25, 0.3) is 0 Å². The first kappa shape index (κ1) is 12.6. The summed E-state index contributed by atoms with van der Waals surface area (Å²) in [5, 5.41) is 12.6. The molecule has 6 nitrogen and oxygen atoms in total. The number of rotatable bonds is 3. The van der Waals surface area contributed by atoms with Crippen LogP contribution in [0.1, 0.15) is 23.8 Å². The monoisotopic (exact) mass is 252 g/mol. The summed E-state index contributed by atoms with van der Waals surface area (Å²) in [5.74, 6) is -0.440. The van der Waals surface area contributed by atoms with Gasteiger partial charge >= 0.3 is 0 Å². The number of hydrogen-bond donors (Lipinski definition) is 2. The number of nitrogens with zero attached hydrogens (tertiary/aromatic N) is 1. The Balaban J connectivity index is 2.09. The quantitative estimate of drug-likeness (QED) is 0.827. The van der Waals surface area contributed by atoms with E-state index >= 15 is 0 Å². The standard InChI is InChI=1S/C12H16N2O4/c1-7-5-8(6-18-7)14-12(16)10-11(15)9(17-2)3-4-13-10/h3-4,7-8,15H,5-6H2,1-2H3,(H,14,16). The molecule has 98 valence electrons. The van der Waals surface area contributed by atoms with Crippen LogP contribution in [0.3, 0.4) is 0 Å². The maximum atomic E-state index is 12.0. The molecule has 2 heterocycles. The third-order valence-electron chi connectivity index (χ3n) is 2.86. The molecule has 0 aromatic carbocycles. The van der Waals surface area contributed by atoms with Gasteiger partial charge in [-0.1, -0.05) is 0 Å². The number of nitrogens with one attached hydrogen (secondary N) is 1. The highest BCUT2D eigenvalue weighted by Crippen LogP contribution is 2.27. The van der Waals surface area contributed by atoms with E-state index in [1.165, 1.54) is 19.4 Å². The van der Waals surface area contributed by atoms with Crippen molar-refractivity contribution in [3.05, 3.63) is 18.0 Å². The largest absolute Gasteiger partial charge is 0.503 e. The number of hydrogen-bond acceptors (Lipinski definition) is 5. The van der Waals surface area contributed by atoms with Gasteiger partial charge in [0, 0.05) is 12.3 Å². The third-order valence-corrected chi connectivity index (χ3v) is 2.86. The predicted molar refractivity (Wildman–Crippen MR) is 63.7 cm³/mol. The summed E-state index contributed by atoms with van der Waals surface area (Å²) in [6.07, 6.45) is 2.32. The van der Waals surface area contributed by atoms with Crippen LogP contribution in [0.15, 0.2) is 12.3 Å². The van der Waals surface area contributed by atoms with E-state index in [1.807, 2.05) is 6.92 Å². The van der Waals surface area contributed by atoms with E-state index in [1.54, 1.807) is 0 Å². The zero-order valence-electron chi connectivity index (χ0n) is 10.3. The van der Waals surface area contributed by atoms with Gasteiger partial charge in [0.1, 0.15) is 0 Å². The van der Waals surface area contributed by atoms with Crippen LogP contribution in [0.5, 0.6) is 11.5 Å². The van der Waals surface area contributed by atoms with Crippen molar-refractivity contribution in [3.8, 4) is 11.5 Å². The molecule has 1 aromatic heterocycles. The fraction of sp³-hybridized carbons (Fsp3) is 0.500. The topological polar surface area (TPSA) is 80.7 Å². The molecule has 0 spiro atoms. The van der Waals surface area contributed by atoms with Crippen molar-refractivity contribution in [2.45, 2.75) is 25.5 Å². The van der Waals surface area contributed by atoms with Crippen molar-refractivity contribution in [2.24, 2.45) is 0 Å². The maximum Gasteiger partial charge on any atom is 0.274 e. The second-order valence-corrected chi connectivity index (χ2v) is 4.26. The molecule has 2 N–H and O–H groups in total. The Morgan fingerprint density at radius 1 is 1.67 bits per heavy atom. The van der Waals surface area contributed by atoms with Crippen LogP contribution in [0.4, 0.5) is 0 Å². The Morgan fingerprint density at radius 2 is 2.44 bits per heavy atom. The van der Waals surface area contributed by atoms with Crippen molar-refractivity contribution in [2.75, 3.05) is 13.7 Å². The number of carbonyl (C=O) groups is 1. The van der Waals surface area contributed by atoms with Gasteiger partial charge in [0.2, 0.25) is 0 Å². The highest BCUT2D eigenvalue weighted by Gasteiger charge is 2.25. The fourth-order valence-electron chi connectivity index (χ4n) is 1.94. The predicted octanol–water partition coefficient (Wildman–Crippen LogP) is 0.703. The molecule has 0 aliphatic carbocycles. The molecule has 18 heavy (non-hydrogen) atoms. The molecule has 0 saturated carbocycles. The molecule has 1 aromatic rings. The second kappa shape index (κ2) is 5.22. The first-order valence-electron chi connectivity index (χ1n) is 5.76. The number of carbonyl (C=O) groups excluding carboxylic acids is 1. The van der Waals surface area contributed by atoms with Crippen LogP contribution in [-0.4, -0.2) is 41.9 Å². The van der Waals surface area contributed by atoms with Crippen molar-refractivity contribution in [3.63, 3.8) is 0 Å². The summed E-state index contributed by atoms with van der Waals surface area (Å²) in [6, 6.07) is 1.45. The lowest BCUT2D eigenvalue weighted by atomic mass is 10.2. The van der Waals surface area contributed by atoms with Gasteiger partial charge in [0.25, 0.3) is 5.91 Å². The third kappa shape index (κ3) is 2.53. The number of ether oxygens (including phenoxy) is 2. The lowest BCUT2D eigenvalue weighted by molar-refractivity contribution is 0.0911. The first-order chi connectivity index (χ1) is 8.61. The van der Waals surface area contributed by atoms with E-state index in [4.69, 9.17) is 9.47 Å². The summed E-state index contributed by atoms with van der Waals surface area (Å²) < 4.78 is 10.3. The average molecular weight is 252 g/mol. The molecule has 1 fully saturated rings. The van der Waals surface area contributed by atoms with Gasteiger partial charge in [0.15, 0.2) is 17.2 Å². The number of methoxy groups -OCH3 is 1. The SMILES string of the molecule is COc1ccnc(C(=O)NC2COC(C)C2)c1O. The molecule has 1 saturated heterocycles. The molecule has 1 amide bonds. The van der Waals surface area contributed by atoms with Crippen molar-refractivity contribution in [1.29, 1.82) is 0 Å². The number of amides is 1. The van der Waals surface area contributed by atoms with Crippen molar-refractivity contribution < 1.29 is 19.4 Å². The maximum absolute atomic E-state index is 12.0. The highest BCUT2D eigenvalue weighted by molar-refractivity contribution is 5.95. The summed E-state index contributed by atoms with van der Waals surface area (Å²) >= 11 is 0. The van der Waals surface area contributed by atoms with Gasteiger partial charge in [-0.3, -0.25) is 4.79 Å². The number of aromatic nitrogens is 1. The molecule has 2 unspecified atom stereocenters. The Bertz CT molecular complexity index is 450. The minimum Gasteiger partial charge on any atom is -0.503 e. The molecule has 6 heteroatoms. The van der Waals surface area contributed by atoms with Gasteiger partial charge in [-0.05, 0) is 13.3 Å². The Labute approximate surface area is 105 Å². The van der Waals surface area contributed by atoms with Gasteiger partial charge in [-0.2, -0.15) is 0 Å². The van der Waals surface area contributed by atoms with Gasteiger partial charge in [-0.15, -0.1) is 0 Å². The van der Waals surface area contributed by atoms with E-state index in [-0.39, 0.29) is 29.3 Å². The lowest BCUT2D eigenvalue weighted by Crippen LogP contribution is -2.35. The number of pyridine rings is 1. The Kier molecular flexibility index (Phi) is 3.66. The van der Waals surface area contributed by atoms with E-state index < -0.39 is 5.91 Å². The molecule has 0 bridgehead atoms. The van der Waals surface area contributed by atoms with Crippen molar-refractivity contribution >= 4 is 5.91 Å². The average Bonchev–Trinajstić information content (AvgIpc) is 2.75. The molecule has 2 atom stereocenters. The number of aromatic hydroxyl groups is 1. The molecule has 0 radical (unpaired) electrons. The first-order valence-corrected chi connectivity index (χ1v) is 5.76. The molecule has 1 aliphatic heterocycles. The van der Waals surface area contributed by atoms with Gasteiger partial charge in [0.05, 0.1) is 25.9 Å².